The molecule has 1 heterocycles. The molecule has 1 rings (SSSR count). The summed E-state index contributed by atoms with van der Waals surface area (Å²) in [6.45, 7) is 6.63. The van der Waals surface area contributed by atoms with E-state index in [9.17, 15) is 4.79 Å². The molecule has 0 aliphatic rings. The molecule has 0 aliphatic heterocycles. The zero-order valence-electron chi connectivity index (χ0n) is 10.6. The lowest BCUT2D eigenvalue weighted by Crippen LogP contribution is -2.53. The van der Waals surface area contributed by atoms with Crippen LogP contribution < -0.4 is 5.32 Å². The number of aromatic nitrogens is 2. The molecule has 0 saturated carbocycles. The van der Waals surface area contributed by atoms with Gasteiger partial charge >= 0.3 is 5.97 Å². The van der Waals surface area contributed by atoms with E-state index in [2.05, 4.69) is 10.4 Å². The summed E-state index contributed by atoms with van der Waals surface area (Å²) in [4.78, 5) is 11.8. The monoisotopic (exact) mass is 259 g/mol. The first kappa shape index (κ1) is 14.0. The predicted octanol–water partition coefficient (Wildman–Crippen LogP) is 1.39. The molecule has 1 aromatic heterocycles. The Balaban J connectivity index is 2.94. The Morgan fingerprint density at radius 1 is 1.71 bits per heavy atom. The number of carbonyl (C=O) groups excluding carboxylic acids is 1. The van der Waals surface area contributed by atoms with Gasteiger partial charge in [-0.1, -0.05) is 18.5 Å². The first-order valence-corrected chi connectivity index (χ1v) is 5.83. The molecule has 0 aromatic carbocycles. The SMILES string of the molecule is CCNC(C)(Cn1ncc(Cl)c1C)C(=O)OC. The second kappa shape index (κ2) is 5.51. The molecule has 0 aliphatic carbocycles. The van der Waals surface area contributed by atoms with Crippen molar-refractivity contribution in [3.63, 3.8) is 0 Å². The molecule has 0 fully saturated rings. The fourth-order valence-electron chi connectivity index (χ4n) is 1.69. The molecular formula is C11H18ClN3O2. The molecule has 6 heteroatoms. The summed E-state index contributed by atoms with van der Waals surface area (Å²) in [5.41, 5.74) is 0.0311. The van der Waals surface area contributed by atoms with Crippen LogP contribution in [0.5, 0.6) is 0 Å². The van der Waals surface area contributed by atoms with Gasteiger partial charge in [-0.25, -0.2) is 4.79 Å². The molecule has 0 spiro atoms. The molecule has 0 amide bonds. The molecule has 1 N–H and O–H groups in total. The number of methoxy groups -OCH3 is 1. The lowest BCUT2D eigenvalue weighted by atomic mass is 10.0. The Bertz CT molecular complexity index is 405. The number of hydrogen-bond acceptors (Lipinski definition) is 4. The number of halogens is 1. The summed E-state index contributed by atoms with van der Waals surface area (Å²) < 4.78 is 6.51. The van der Waals surface area contributed by atoms with E-state index in [1.807, 2.05) is 13.8 Å². The largest absolute Gasteiger partial charge is 0.468 e. The quantitative estimate of drug-likeness (QED) is 0.812. The van der Waals surface area contributed by atoms with Crippen molar-refractivity contribution in [2.75, 3.05) is 13.7 Å². The van der Waals surface area contributed by atoms with Crippen molar-refractivity contribution in [3.05, 3.63) is 16.9 Å². The topological polar surface area (TPSA) is 56.2 Å². The Hall–Kier alpha value is -1.07. The summed E-state index contributed by atoms with van der Waals surface area (Å²) in [6.07, 6.45) is 1.57. The smallest absolute Gasteiger partial charge is 0.327 e. The summed E-state index contributed by atoms with van der Waals surface area (Å²) in [5.74, 6) is -0.314. The summed E-state index contributed by atoms with van der Waals surface area (Å²) in [7, 11) is 1.38. The first-order chi connectivity index (χ1) is 7.94. The van der Waals surface area contributed by atoms with E-state index < -0.39 is 5.54 Å². The van der Waals surface area contributed by atoms with E-state index >= 15 is 0 Å². The van der Waals surface area contributed by atoms with E-state index in [1.165, 1.54) is 7.11 Å². The van der Waals surface area contributed by atoms with Gasteiger partial charge < -0.3 is 10.1 Å². The molecule has 0 saturated heterocycles. The highest BCUT2D eigenvalue weighted by atomic mass is 35.5. The van der Waals surface area contributed by atoms with Crippen LogP contribution in [0.4, 0.5) is 0 Å². The van der Waals surface area contributed by atoms with Gasteiger partial charge in [-0.3, -0.25) is 4.68 Å². The van der Waals surface area contributed by atoms with Crippen LogP contribution in [0, 0.1) is 6.92 Å². The minimum Gasteiger partial charge on any atom is -0.468 e. The van der Waals surface area contributed by atoms with Crippen LogP contribution in [0.25, 0.3) is 0 Å². The Labute approximate surface area is 106 Å². The van der Waals surface area contributed by atoms with Crippen LogP contribution >= 0.6 is 11.6 Å². The van der Waals surface area contributed by atoms with Gasteiger partial charge in [0, 0.05) is 0 Å². The van der Waals surface area contributed by atoms with Gasteiger partial charge in [0.05, 0.1) is 30.6 Å². The minimum atomic E-state index is -0.802. The average Bonchev–Trinajstić information content (AvgIpc) is 2.60. The van der Waals surface area contributed by atoms with E-state index in [4.69, 9.17) is 16.3 Å². The number of ether oxygens (including phenoxy) is 1. The van der Waals surface area contributed by atoms with Crippen LogP contribution in [0.3, 0.4) is 0 Å². The number of likely N-dealkylation sites (N-methyl/N-ethyl adjacent to an activating group) is 1. The van der Waals surface area contributed by atoms with Crippen molar-refractivity contribution in [1.29, 1.82) is 0 Å². The van der Waals surface area contributed by atoms with Gasteiger partial charge in [-0.2, -0.15) is 5.10 Å². The normalized spacial score (nSPS) is 14.4. The lowest BCUT2D eigenvalue weighted by molar-refractivity contribution is -0.148. The fourth-order valence-corrected chi connectivity index (χ4v) is 1.83. The third-order valence-corrected chi connectivity index (χ3v) is 3.08. The molecular weight excluding hydrogens is 242 g/mol. The zero-order chi connectivity index (χ0) is 13.1. The van der Waals surface area contributed by atoms with Crippen molar-refractivity contribution in [2.24, 2.45) is 0 Å². The van der Waals surface area contributed by atoms with Gasteiger partial charge in [0.2, 0.25) is 0 Å². The third kappa shape index (κ3) is 2.98. The highest BCUT2D eigenvalue weighted by Gasteiger charge is 2.34. The molecule has 17 heavy (non-hydrogen) atoms. The van der Waals surface area contributed by atoms with Crippen molar-refractivity contribution in [2.45, 2.75) is 32.9 Å². The minimum absolute atomic E-state index is 0.314. The first-order valence-electron chi connectivity index (χ1n) is 5.46. The molecule has 0 bridgehead atoms. The van der Waals surface area contributed by atoms with Crippen LogP contribution in [-0.4, -0.2) is 34.9 Å². The molecule has 0 radical (unpaired) electrons. The van der Waals surface area contributed by atoms with Crippen LogP contribution in [0.1, 0.15) is 19.5 Å². The number of rotatable bonds is 5. The Kier molecular flexibility index (Phi) is 4.54. The second-order valence-corrected chi connectivity index (χ2v) is 4.50. The highest BCUT2D eigenvalue weighted by Crippen LogP contribution is 2.17. The van der Waals surface area contributed by atoms with E-state index in [1.54, 1.807) is 17.8 Å². The number of esters is 1. The summed E-state index contributed by atoms with van der Waals surface area (Å²) in [5, 5.41) is 7.84. The van der Waals surface area contributed by atoms with Crippen LogP contribution in [0.15, 0.2) is 6.20 Å². The lowest BCUT2D eigenvalue weighted by Gasteiger charge is -2.27. The summed E-state index contributed by atoms with van der Waals surface area (Å²) in [6, 6.07) is 0. The molecule has 1 aromatic rings. The third-order valence-electron chi connectivity index (χ3n) is 2.71. The van der Waals surface area contributed by atoms with Gasteiger partial charge in [0.15, 0.2) is 0 Å². The zero-order valence-corrected chi connectivity index (χ0v) is 11.3. The van der Waals surface area contributed by atoms with E-state index in [0.29, 0.717) is 18.1 Å². The highest BCUT2D eigenvalue weighted by molar-refractivity contribution is 6.31. The molecule has 96 valence electrons. The number of carbonyl (C=O) groups is 1. The van der Waals surface area contributed by atoms with Crippen molar-refractivity contribution in [3.8, 4) is 0 Å². The maximum Gasteiger partial charge on any atom is 0.327 e. The van der Waals surface area contributed by atoms with Crippen LogP contribution in [-0.2, 0) is 16.1 Å². The van der Waals surface area contributed by atoms with Crippen molar-refractivity contribution in [1.82, 2.24) is 15.1 Å². The van der Waals surface area contributed by atoms with Gasteiger partial charge in [-0.05, 0) is 20.4 Å². The Morgan fingerprint density at radius 2 is 2.35 bits per heavy atom. The van der Waals surface area contributed by atoms with E-state index in [0.717, 1.165) is 5.69 Å². The van der Waals surface area contributed by atoms with Gasteiger partial charge in [0.1, 0.15) is 5.54 Å². The number of nitrogens with one attached hydrogen (secondary N) is 1. The number of hydrogen-bond donors (Lipinski definition) is 1. The second-order valence-electron chi connectivity index (χ2n) is 4.09. The van der Waals surface area contributed by atoms with Crippen molar-refractivity contribution < 1.29 is 9.53 Å². The average molecular weight is 260 g/mol. The predicted molar refractivity (Wildman–Crippen MR) is 66.1 cm³/mol. The van der Waals surface area contributed by atoms with E-state index in [-0.39, 0.29) is 5.97 Å². The standard InChI is InChI=1S/C11H18ClN3O2/c1-5-13-11(3,10(16)17-4)7-15-8(2)9(12)6-14-15/h6,13H,5,7H2,1-4H3. The number of nitrogens with zero attached hydrogens (tertiary/aromatic N) is 2. The maximum absolute atomic E-state index is 11.8. The van der Waals surface area contributed by atoms with Gasteiger partial charge in [0.25, 0.3) is 0 Å². The summed E-state index contributed by atoms with van der Waals surface area (Å²) >= 11 is 5.93. The fraction of sp³-hybridized carbons (Fsp3) is 0.636. The van der Waals surface area contributed by atoms with Gasteiger partial charge in [-0.15, -0.1) is 0 Å². The maximum atomic E-state index is 11.8. The van der Waals surface area contributed by atoms with Crippen LogP contribution in [0.2, 0.25) is 5.02 Å². The van der Waals surface area contributed by atoms with Crippen molar-refractivity contribution >= 4 is 17.6 Å². The molecule has 5 nitrogen and oxygen atoms in total. The molecule has 1 atom stereocenters. The Morgan fingerprint density at radius 3 is 2.76 bits per heavy atom. The molecule has 1 unspecified atom stereocenters.